The normalized spacial score (nSPS) is 13.6. The molecular formula is C18H19N9O6. The first-order valence-electron chi connectivity index (χ1n) is 9.49. The quantitative estimate of drug-likeness (QED) is 0.211. The Bertz CT molecular complexity index is 1180. The molecule has 1 aliphatic rings. The van der Waals surface area contributed by atoms with Crippen molar-refractivity contribution in [3.05, 3.63) is 36.3 Å². The number of carbonyl (C=O) groups excluding carboxylic acids is 2. The van der Waals surface area contributed by atoms with Gasteiger partial charge in [-0.1, -0.05) is 6.07 Å². The topological polar surface area (TPSA) is 211 Å². The third-order valence-electron chi connectivity index (χ3n) is 4.57. The molecule has 4 rings (SSSR count). The van der Waals surface area contributed by atoms with E-state index < -0.39 is 23.7 Å². The van der Waals surface area contributed by atoms with Crippen molar-refractivity contribution in [1.82, 2.24) is 36.0 Å². The van der Waals surface area contributed by atoms with Crippen molar-refractivity contribution in [1.29, 1.82) is 0 Å². The van der Waals surface area contributed by atoms with E-state index in [0.717, 1.165) is 0 Å². The van der Waals surface area contributed by atoms with Crippen LogP contribution in [0.2, 0.25) is 0 Å². The Balaban J connectivity index is 1.77. The summed E-state index contributed by atoms with van der Waals surface area (Å²) in [5, 5.41) is 48.8. The SMILES string of the molecule is COc1c(Nc2cc(N3CCNC3=O)nnc2C(=O)NC(O)(O)O)cccc1-c1ncn[nH]1. The maximum absolute atomic E-state index is 12.5. The first-order chi connectivity index (χ1) is 15.8. The lowest BCUT2D eigenvalue weighted by molar-refractivity contribution is -0.323. The van der Waals surface area contributed by atoms with E-state index in [1.54, 1.807) is 23.5 Å². The first-order valence-corrected chi connectivity index (χ1v) is 9.49. The molecule has 0 atom stereocenters. The van der Waals surface area contributed by atoms with E-state index in [1.165, 1.54) is 24.4 Å². The molecule has 3 aromatic rings. The molecule has 1 fully saturated rings. The van der Waals surface area contributed by atoms with E-state index in [-0.39, 0.29) is 11.5 Å². The second-order valence-corrected chi connectivity index (χ2v) is 6.78. The number of nitrogens with one attached hydrogen (secondary N) is 4. The number of ether oxygens (including phenoxy) is 1. The second-order valence-electron chi connectivity index (χ2n) is 6.78. The molecule has 172 valence electrons. The van der Waals surface area contributed by atoms with E-state index in [2.05, 4.69) is 36.0 Å². The molecule has 33 heavy (non-hydrogen) atoms. The molecule has 1 saturated heterocycles. The number of carbonyl (C=O) groups is 2. The summed E-state index contributed by atoms with van der Waals surface area (Å²) in [5.41, 5.74) is 0.585. The lowest BCUT2D eigenvalue weighted by atomic mass is 10.1. The molecule has 1 aliphatic heterocycles. The highest BCUT2D eigenvalue weighted by molar-refractivity contribution is 6.00. The molecule has 0 saturated carbocycles. The van der Waals surface area contributed by atoms with Crippen LogP contribution in [0.25, 0.3) is 11.4 Å². The minimum Gasteiger partial charge on any atom is -0.494 e. The van der Waals surface area contributed by atoms with Gasteiger partial charge in [0.05, 0.1) is 24.0 Å². The molecule has 0 bridgehead atoms. The highest BCUT2D eigenvalue weighted by Crippen LogP contribution is 2.37. The zero-order valence-corrected chi connectivity index (χ0v) is 17.1. The predicted molar refractivity (Wildman–Crippen MR) is 111 cm³/mol. The molecule has 3 amide bonds. The number of benzene rings is 1. The van der Waals surface area contributed by atoms with Gasteiger partial charge in [0, 0.05) is 19.2 Å². The number of anilines is 3. The van der Waals surface area contributed by atoms with E-state index >= 15 is 0 Å². The summed E-state index contributed by atoms with van der Waals surface area (Å²) >= 11 is 0. The Morgan fingerprint density at radius 2 is 2.06 bits per heavy atom. The number of urea groups is 1. The third kappa shape index (κ3) is 4.64. The number of rotatable bonds is 7. The molecule has 15 nitrogen and oxygen atoms in total. The van der Waals surface area contributed by atoms with Crippen molar-refractivity contribution in [2.75, 3.05) is 30.4 Å². The molecule has 0 radical (unpaired) electrons. The van der Waals surface area contributed by atoms with Crippen molar-refractivity contribution < 1.29 is 29.6 Å². The number of aliphatic hydroxyl groups is 3. The number of para-hydroxylation sites is 1. The number of amides is 3. The van der Waals surface area contributed by atoms with Crippen LogP contribution in [-0.2, 0) is 0 Å². The van der Waals surface area contributed by atoms with Crippen molar-refractivity contribution in [3.8, 4) is 17.1 Å². The van der Waals surface area contributed by atoms with Gasteiger partial charge in [0.15, 0.2) is 23.1 Å². The summed E-state index contributed by atoms with van der Waals surface area (Å²) in [6, 6.07) is 6.07. The number of aromatic amines is 1. The van der Waals surface area contributed by atoms with Crippen LogP contribution in [0.3, 0.4) is 0 Å². The number of methoxy groups -OCH3 is 1. The van der Waals surface area contributed by atoms with Crippen molar-refractivity contribution in [3.63, 3.8) is 0 Å². The van der Waals surface area contributed by atoms with Crippen LogP contribution in [-0.4, -0.2) is 78.9 Å². The van der Waals surface area contributed by atoms with E-state index in [4.69, 9.17) is 20.1 Å². The molecule has 0 unspecified atom stereocenters. The maximum Gasteiger partial charge on any atom is 0.369 e. The van der Waals surface area contributed by atoms with Gasteiger partial charge in [-0.15, -0.1) is 10.2 Å². The Morgan fingerprint density at radius 3 is 2.70 bits per heavy atom. The molecular weight excluding hydrogens is 438 g/mol. The van der Waals surface area contributed by atoms with Crippen molar-refractivity contribution in [2.45, 2.75) is 6.10 Å². The van der Waals surface area contributed by atoms with Gasteiger partial charge in [-0.25, -0.2) is 9.78 Å². The minimum atomic E-state index is -3.48. The highest BCUT2D eigenvalue weighted by Gasteiger charge is 2.29. The van der Waals surface area contributed by atoms with Gasteiger partial charge in [-0.05, 0) is 12.1 Å². The summed E-state index contributed by atoms with van der Waals surface area (Å²) in [7, 11) is 1.44. The van der Waals surface area contributed by atoms with Gasteiger partial charge >= 0.3 is 12.1 Å². The van der Waals surface area contributed by atoms with E-state index in [9.17, 15) is 9.59 Å². The fraction of sp³-hybridized carbons (Fsp3) is 0.222. The Kier molecular flexibility index (Phi) is 5.74. The highest BCUT2D eigenvalue weighted by atomic mass is 16.7. The number of aromatic nitrogens is 5. The molecule has 0 spiro atoms. The molecule has 7 N–H and O–H groups in total. The van der Waals surface area contributed by atoms with Crippen LogP contribution in [0.5, 0.6) is 5.75 Å². The van der Waals surface area contributed by atoms with E-state index in [0.29, 0.717) is 35.9 Å². The van der Waals surface area contributed by atoms with Gasteiger partial charge in [0.25, 0.3) is 5.91 Å². The van der Waals surface area contributed by atoms with Gasteiger partial charge in [0.1, 0.15) is 6.33 Å². The zero-order chi connectivity index (χ0) is 23.6. The molecule has 1 aromatic carbocycles. The number of H-pyrrole nitrogens is 1. The Labute approximate surface area is 185 Å². The van der Waals surface area contributed by atoms with Crippen molar-refractivity contribution >= 4 is 29.1 Å². The lowest BCUT2D eigenvalue weighted by Gasteiger charge is -2.19. The van der Waals surface area contributed by atoms with Crippen LogP contribution in [0.4, 0.5) is 22.0 Å². The fourth-order valence-electron chi connectivity index (χ4n) is 3.20. The third-order valence-corrected chi connectivity index (χ3v) is 4.57. The zero-order valence-electron chi connectivity index (χ0n) is 17.1. The first kappa shape index (κ1) is 21.9. The predicted octanol–water partition coefficient (Wildman–Crippen LogP) is -1.14. The van der Waals surface area contributed by atoms with Gasteiger partial charge in [0.2, 0.25) is 0 Å². The number of hydrogen-bond acceptors (Lipinski definition) is 11. The molecule has 0 aliphatic carbocycles. The van der Waals surface area contributed by atoms with Gasteiger partial charge in [-0.3, -0.25) is 20.1 Å². The summed E-state index contributed by atoms with van der Waals surface area (Å²) in [6.07, 6.45) is -2.14. The molecule has 3 heterocycles. The van der Waals surface area contributed by atoms with Crippen LogP contribution in [0.1, 0.15) is 10.5 Å². The summed E-state index contributed by atoms with van der Waals surface area (Å²) < 4.78 is 5.52. The summed E-state index contributed by atoms with van der Waals surface area (Å²) in [6.45, 7) is 0.733. The van der Waals surface area contributed by atoms with Crippen LogP contribution in [0.15, 0.2) is 30.6 Å². The molecule has 15 heteroatoms. The Hall–Kier alpha value is -4.34. The minimum absolute atomic E-state index is 0.0365. The smallest absolute Gasteiger partial charge is 0.369 e. The fourth-order valence-corrected chi connectivity index (χ4v) is 3.20. The number of nitrogens with zero attached hydrogens (tertiary/aromatic N) is 5. The Morgan fingerprint density at radius 1 is 1.24 bits per heavy atom. The van der Waals surface area contributed by atoms with Crippen molar-refractivity contribution in [2.24, 2.45) is 0 Å². The number of hydrogen-bond donors (Lipinski definition) is 7. The molecule has 2 aromatic heterocycles. The summed E-state index contributed by atoms with van der Waals surface area (Å²) in [4.78, 5) is 30.0. The largest absolute Gasteiger partial charge is 0.494 e. The maximum atomic E-state index is 12.5. The van der Waals surface area contributed by atoms with Gasteiger partial charge in [-0.2, -0.15) is 5.10 Å². The second kappa shape index (κ2) is 8.65. The standard InChI is InChI=1S/C18H19N9O6/c1-33-14-9(15-20-8-21-26-15)3-2-4-10(14)22-11-7-12(27-6-5-19-17(27)29)24-25-13(11)16(28)23-18(30,31)32/h2-4,7-8,30-32H,5-6H2,1H3,(H,19,29)(H,22,24)(H,23,28)(H,20,21,26). The average Bonchev–Trinajstić information content (AvgIpc) is 3.44. The van der Waals surface area contributed by atoms with Crippen LogP contribution >= 0.6 is 0 Å². The lowest BCUT2D eigenvalue weighted by Crippen LogP contribution is -2.48. The van der Waals surface area contributed by atoms with Gasteiger partial charge < -0.3 is 30.7 Å². The van der Waals surface area contributed by atoms with E-state index in [1.807, 2.05) is 0 Å². The van der Waals surface area contributed by atoms with Crippen LogP contribution in [0, 0.1) is 0 Å². The summed E-state index contributed by atoms with van der Waals surface area (Å²) in [5.74, 6) is -0.238. The average molecular weight is 457 g/mol. The van der Waals surface area contributed by atoms with Crippen LogP contribution < -0.4 is 25.6 Å². The monoisotopic (exact) mass is 457 g/mol.